The van der Waals surface area contributed by atoms with Crippen molar-refractivity contribution in [2.45, 2.75) is 57.5 Å². The van der Waals surface area contributed by atoms with E-state index in [9.17, 15) is 5.11 Å². The highest BCUT2D eigenvalue weighted by atomic mass is 28.4. The molecule has 0 saturated carbocycles. The minimum atomic E-state index is -1.83. The molecule has 90 valence electrons. The summed E-state index contributed by atoms with van der Waals surface area (Å²) in [5.41, 5.74) is 0. The lowest BCUT2D eigenvalue weighted by molar-refractivity contribution is 0.00840. The highest BCUT2D eigenvalue weighted by Gasteiger charge is 2.42. The van der Waals surface area contributed by atoms with Crippen molar-refractivity contribution in [3.8, 4) is 0 Å². The zero-order chi connectivity index (χ0) is 12.6. The molecule has 4 heteroatoms. The molecule has 1 heterocycles. The van der Waals surface area contributed by atoms with Gasteiger partial charge in [0.15, 0.2) is 8.32 Å². The van der Waals surface area contributed by atoms with Crippen LogP contribution in [0.1, 0.15) is 28.6 Å². The molecule has 15 heavy (non-hydrogen) atoms. The van der Waals surface area contributed by atoms with Gasteiger partial charge in [0, 0.05) is 6.58 Å². The molecule has 3 atom stereocenters. The van der Waals surface area contributed by atoms with Crippen LogP contribution in [0.4, 0.5) is 0 Å². The highest BCUT2D eigenvalue weighted by molar-refractivity contribution is 6.74. The Morgan fingerprint density at radius 1 is 1.53 bits per heavy atom. The number of aliphatic hydroxyl groups excluding tert-OH is 1. The van der Waals surface area contributed by atoms with Crippen molar-refractivity contribution in [2.75, 3.05) is 13.2 Å². The Kier molecular flexibility index (Phi) is 3.50. The summed E-state index contributed by atoms with van der Waals surface area (Å²) in [6.07, 6.45) is 0.127. The van der Waals surface area contributed by atoms with Gasteiger partial charge in [-0.2, -0.15) is 0 Å². The van der Waals surface area contributed by atoms with Gasteiger partial charge >= 0.3 is 0 Å². The van der Waals surface area contributed by atoms with E-state index in [1.807, 2.05) is 0 Å². The van der Waals surface area contributed by atoms with E-state index in [2.05, 4.69) is 33.9 Å². The van der Waals surface area contributed by atoms with Crippen molar-refractivity contribution in [3.05, 3.63) is 0 Å². The minimum absolute atomic E-state index is 0.0608. The van der Waals surface area contributed by atoms with E-state index in [0.29, 0.717) is 6.42 Å². The SMILES string of the molecule is [3H][C@H]1C[C@@H](O[Si](C)(C)C(C)(C)C)[C@@H](CO)O1. The van der Waals surface area contributed by atoms with E-state index in [0.717, 1.165) is 0 Å². The molecule has 1 fully saturated rings. The molecule has 0 bridgehead atoms. The van der Waals surface area contributed by atoms with Gasteiger partial charge in [-0.15, -0.1) is 0 Å². The molecule has 0 radical (unpaired) electrons. The first-order valence-corrected chi connectivity index (χ1v) is 8.44. The van der Waals surface area contributed by atoms with Crippen LogP contribution in [0, 0.1) is 0 Å². The average Bonchev–Trinajstić information content (AvgIpc) is 2.43. The van der Waals surface area contributed by atoms with Crippen molar-refractivity contribution in [3.63, 3.8) is 0 Å². The number of rotatable bonds is 3. The maximum absolute atomic E-state index is 9.18. The van der Waals surface area contributed by atoms with Gasteiger partial charge in [0.05, 0.1) is 14.1 Å². The highest BCUT2D eigenvalue weighted by Crippen LogP contribution is 2.38. The van der Waals surface area contributed by atoms with Crippen LogP contribution in [0.25, 0.3) is 0 Å². The van der Waals surface area contributed by atoms with E-state index >= 15 is 0 Å². The van der Waals surface area contributed by atoms with Crippen molar-refractivity contribution < 1.29 is 15.6 Å². The molecule has 1 aliphatic heterocycles. The van der Waals surface area contributed by atoms with E-state index < -0.39 is 14.9 Å². The van der Waals surface area contributed by atoms with Crippen molar-refractivity contribution in [1.82, 2.24) is 0 Å². The molecule has 0 amide bonds. The summed E-state index contributed by atoms with van der Waals surface area (Å²) in [5, 5.41) is 9.33. The molecule has 0 unspecified atom stereocenters. The van der Waals surface area contributed by atoms with Gasteiger partial charge in [-0.25, -0.2) is 0 Å². The topological polar surface area (TPSA) is 38.7 Å². The first kappa shape index (κ1) is 11.6. The molecule has 1 rings (SSSR count). The molecule has 0 aromatic carbocycles. The smallest absolute Gasteiger partial charge is 0.192 e. The lowest BCUT2D eigenvalue weighted by Gasteiger charge is -2.39. The molecule has 0 aromatic rings. The minimum Gasteiger partial charge on any atom is -0.411 e. The molecule has 1 aliphatic rings. The zero-order valence-corrected chi connectivity index (χ0v) is 11.4. The summed E-state index contributed by atoms with van der Waals surface area (Å²) in [6, 6.07) is 0. The summed E-state index contributed by atoms with van der Waals surface area (Å²) >= 11 is 0. The quantitative estimate of drug-likeness (QED) is 0.761. The van der Waals surface area contributed by atoms with Gasteiger partial charge in [-0.1, -0.05) is 20.8 Å². The Morgan fingerprint density at radius 2 is 2.13 bits per heavy atom. The van der Waals surface area contributed by atoms with Crippen molar-refractivity contribution in [1.29, 1.82) is 0 Å². The molecular formula is C11H24O3Si. The summed E-state index contributed by atoms with van der Waals surface area (Å²) in [7, 11) is -1.83. The predicted octanol–water partition coefficient (Wildman–Crippen LogP) is 2.16. The van der Waals surface area contributed by atoms with Crippen LogP contribution in [0.5, 0.6) is 0 Å². The third kappa shape index (κ3) is 3.03. The third-order valence-corrected chi connectivity index (χ3v) is 7.95. The monoisotopic (exact) mass is 234 g/mol. The second-order valence-corrected chi connectivity index (χ2v) is 10.4. The van der Waals surface area contributed by atoms with Crippen LogP contribution < -0.4 is 0 Å². The number of hydrogen-bond acceptors (Lipinski definition) is 3. The van der Waals surface area contributed by atoms with Crippen molar-refractivity contribution >= 4 is 8.32 Å². The molecule has 0 spiro atoms. The molecule has 1 N–H and O–H groups in total. The summed E-state index contributed by atoms with van der Waals surface area (Å²) in [4.78, 5) is 0. The standard InChI is InChI=1S/C11H24O3Si/c1-11(2,3)15(4,5)14-9-6-7-13-10(9)8-12/h9-10,12H,6-8H2,1-5H3/t9-,10-/m1/s1/i7T/t7-,9+,10+/m0. The number of hydrogen-bond donors (Lipinski definition) is 1. The lowest BCUT2D eigenvalue weighted by atomic mass is 10.2. The number of ether oxygens (including phenoxy) is 1. The Morgan fingerprint density at radius 3 is 2.60 bits per heavy atom. The third-order valence-electron chi connectivity index (χ3n) is 3.45. The van der Waals surface area contributed by atoms with E-state index in [1.54, 1.807) is 0 Å². The fourth-order valence-electron chi connectivity index (χ4n) is 1.35. The fourth-order valence-corrected chi connectivity index (χ4v) is 2.71. The molecule has 0 aliphatic carbocycles. The van der Waals surface area contributed by atoms with Crippen molar-refractivity contribution in [2.24, 2.45) is 0 Å². The second-order valence-electron chi connectivity index (χ2n) is 5.68. The Labute approximate surface area is 95.3 Å². The van der Waals surface area contributed by atoms with Gasteiger partial charge in [-0.05, 0) is 24.6 Å². The summed E-state index contributed by atoms with van der Waals surface area (Å²) < 4.78 is 19.0. The van der Waals surface area contributed by atoms with Crippen LogP contribution >= 0.6 is 0 Å². The summed E-state index contributed by atoms with van der Waals surface area (Å²) in [5.74, 6) is 0. The lowest BCUT2D eigenvalue weighted by Crippen LogP contribution is -2.46. The zero-order valence-electron chi connectivity index (χ0n) is 11.4. The number of aliphatic hydroxyl groups is 1. The van der Waals surface area contributed by atoms with Gasteiger partial charge < -0.3 is 14.3 Å². The largest absolute Gasteiger partial charge is 0.411 e. The molecule has 0 aromatic heterocycles. The van der Waals surface area contributed by atoms with Gasteiger partial charge in [0.25, 0.3) is 0 Å². The van der Waals surface area contributed by atoms with E-state index in [1.165, 1.54) is 0 Å². The van der Waals surface area contributed by atoms with Gasteiger partial charge in [0.2, 0.25) is 0 Å². The second kappa shape index (κ2) is 4.53. The summed E-state index contributed by atoms with van der Waals surface area (Å²) in [6.45, 7) is 10.3. The van der Waals surface area contributed by atoms with E-state index in [-0.39, 0.29) is 23.9 Å². The van der Waals surface area contributed by atoms with Gasteiger partial charge in [-0.3, -0.25) is 0 Å². The van der Waals surface area contributed by atoms with E-state index in [4.69, 9.17) is 10.5 Å². The molecular weight excluding hydrogens is 208 g/mol. The van der Waals surface area contributed by atoms with Crippen LogP contribution in [-0.2, 0) is 9.16 Å². The molecule has 3 nitrogen and oxygen atoms in total. The molecule has 1 saturated heterocycles. The maximum Gasteiger partial charge on any atom is 0.192 e. The van der Waals surface area contributed by atoms with Crippen LogP contribution in [0.3, 0.4) is 0 Å². The first-order chi connectivity index (χ1) is 7.17. The predicted molar refractivity (Wildman–Crippen MR) is 63.5 cm³/mol. The normalized spacial score (nSPS) is 34.3. The fraction of sp³-hybridized carbons (Fsp3) is 1.00. The van der Waals surface area contributed by atoms with Crippen LogP contribution in [0.2, 0.25) is 18.1 Å². The Balaban J connectivity index is 2.66. The van der Waals surface area contributed by atoms with Crippen LogP contribution in [0.15, 0.2) is 0 Å². The Bertz CT molecular complexity index is 240. The van der Waals surface area contributed by atoms with Gasteiger partial charge in [0.1, 0.15) is 6.10 Å². The maximum atomic E-state index is 9.18. The Hall–Kier alpha value is 0.0969. The average molecular weight is 234 g/mol. The first-order valence-electron chi connectivity index (χ1n) is 6.11. The van der Waals surface area contributed by atoms with Crippen LogP contribution in [-0.4, -0.2) is 38.8 Å².